The Morgan fingerprint density at radius 3 is 2.37 bits per heavy atom. The predicted molar refractivity (Wildman–Crippen MR) is 96.0 cm³/mol. The van der Waals surface area contributed by atoms with Gasteiger partial charge in [-0.3, -0.25) is 0 Å². The van der Waals surface area contributed by atoms with Crippen molar-refractivity contribution in [1.29, 1.82) is 0 Å². The summed E-state index contributed by atoms with van der Waals surface area (Å²) in [4.78, 5) is 0. The first-order chi connectivity index (χ1) is 13.0. The standard InChI is InChI=1S/C19H18F3N3O2/c1-10(11-5-4-6-12(18(11)20)19(21)22)24-15-9-23-25-14-8-17(27-3)16(26-2)7-13(14)15/h4-10,19H,1-3H3,(H,24,25)/t10-/m1/s1. The summed E-state index contributed by atoms with van der Waals surface area (Å²) in [7, 11) is 3.03. The number of aromatic nitrogens is 2. The number of anilines is 1. The molecule has 0 bridgehead atoms. The van der Waals surface area contributed by atoms with Crippen molar-refractivity contribution in [2.24, 2.45) is 0 Å². The molecule has 0 unspecified atom stereocenters. The molecular formula is C19H18F3N3O2. The summed E-state index contributed by atoms with van der Waals surface area (Å²) < 4.78 is 50.9. The SMILES string of the molecule is COc1cc2nncc(N[C@H](C)c3cccc(C(F)F)c3F)c2cc1OC. The maximum absolute atomic E-state index is 14.4. The Kier molecular flexibility index (Phi) is 5.34. The molecule has 1 atom stereocenters. The fraction of sp³-hybridized carbons (Fsp3) is 0.263. The largest absolute Gasteiger partial charge is 0.493 e. The zero-order valence-corrected chi connectivity index (χ0v) is 15.0. The van der Waals surface area contributed by atoms with E-state index in [4.69, 9.17) is 9.47 Å². The number of nitrogens with zero attached hydrogens (tertiary/aromatic N) is 2. The monoisotopic (exact) mass is 377 g/mol. The first-order valence-corrected chi connectivity index (χ1v) is 8.16. The Morgan fingerprint density at radius 2 is 1.70 bits per heavy atom. The Labute approximate surface area is 154 Å². The van der Waals surface area contributed by atoms with Gasteiger partial charge in [0, 0.05) is 17.0 Å². The number of methoxy groups -OCH3 is 2. The van der Waals surface area contributed by atoms with Gasteiger partial charge in [0.15, 0.2) is 11.5 Å². The Balaban J connectivity index is 2.01. The Hall–Kier alpha value is -3.03. The third-order valence-corrected chi connectivity index (χ3v) is 4.28. The minimum Gasteiger partial charge on any atom is -0.493 e. The lowest BCUT2D eigenvalue weighted by Crippen LogP contribution is -2.11. The third kappa shape index (κ3) is 3.60. The van der Waals surface area contributed by atoms with E-state index in [9.17, 15) is 13.2 Å². The van der Waals surface area contributed by atoms with E-state index >= 15 is 0 Å². The first kappa shape index (κ1) is 18.8. The van der Waals surface area contributed by atoms with Crippen LogP contribution in [0.3, 0.4) is 0 Å². The second-order valence-corrected chi connectivity index (χ2v) is 5.90. The van der Waals surface area contributed by atoms with Crippen LogP contribution in [0.5, 0.6) is 11.5 Å². The van der Waals surface area contributed by atoms with E-state index in [2.05, 4.69) is 15.5 Å². The molecule has 0 amide bonds. The zero-order valence-electron chi connectivity index (χ0n) is 15.0. The molecule has 0 saturated carbocycles. The number of benzene rings is 2. The molecule has 1 N–H and O–H groups in total. The number of fused-ring (bicyclic) bond motifs is 1. The number of rotatable bonds is 6. The number of alkyl halides is 2. The highest BCUT2D eigenvalue weighted by Crippen LogP contribution is 2.35. The van der Waals surface area contributed by atoms with Crippen LogP contribution in [0.2, 0.25) is 0 Å². The van der Waals surface area contributed by atoms with Crippen LogP contribution in [-0.2, 0) is 0 Å². The van der Waals surface area contributed by atoms with Crippen molar-refractivity contribution >= 4 is 16.6 Å². The quantitative estimate of drug-likeness (QED) is 0.662. The van der Waals surface area contributed by atoms with Gasteiger partial charge in [-0.2, -0.15) is 10.2 Å². The number of halogens is 3. The zero-order chi connectivity index (χ0) is 19.6. The van der Waals surface area contributed by atoms with E-state index in [1.54, 1.807) is 19.1 Å². The molecule has 0 aliphatic carbocycles. The molecular weight excluding hydrogens is 359 g/mol. The number of hydrogen-bond acceptors (Lipinski definition) is 5. The van der Waals surface area contributed by atoms with E-state index in [-0.39, 0.29) is 5.56 Å². The molecule has 0 fully saturated rings. The lowest BCUT2D eigenvalue weighted by Gasteiger charge is -2.19. The molecule has 0 radical (unpaired) electrons. The van der Waals surface area contributed by atoms with Gasteiger partial charge in [-0.15, -0.1) is 0 Å². The summed E-state index contributed by atoms with van der Waals surface area (Å²) in [6.07, 6.45) is -1.39. The van der Waals surface area contributed by atoms with Crippen LogP contribution in [0.15, 0.2) is 36.5 Å². The van der Waals surface area contributed by atoms with Crippen LogP contribution in [0, 0.1) is 5.82 Å². The van der Waals surface area contributed by atoms with Gasteiger partial charge in [0.1, 0.15) is 5.82 Å². The van der Waals surface area contributed by atoms with Gasteiger partial charge in [0.2, 0.25) is 0 Å². The smallest absolute Gasteiger partial charge is 0.266 e. The van der Waals surface area contributed by atoms with Gasteiger partial charge in [-0.1, -0.05) is 18.2 Å². The fourth-order valence-corrected chi connectivity index (χ4v) is 2.88. The van der Waals surface area contributed by atoms with E-state index in [1.165, 1.54) is 32.5 Å². The first-order valence-electron chi connectivity index (χ1n) is 8.16. The molecule has 1 aromatic heterocycles. The predicted octanol–water partition coefficient (Wildman–Crippen LogP) is 4.90. The molecule has 3 aromatic rings. The van der Waals surface area contributed by atoms with Crippen LogP contribution in [0.4, 0.5) is 18.9 Å². The van der Waals surface area contributed by atoms with Crippen molar-refractivity contribution < 1.29 is 22.6 Å². The van der Waals surface area contributed by atoms with Crippen LogP contribution in [0.1, 0.15) is 30.5 Å². The van der Waals surface area contributed by atoms with Crippen molar-refractivity contribution in [3.8, 4) is 11.5 Å². The van der Waals surface area contributed by atoms with E-state index < -0.39 is 23.8 Å². The summed E-state index contributed by atoms with van der Waals surface area (Å²) in [5.41, 5.74) is 0.630. The van der Waals surface area contributed by atoms with Gasteiger partial charge >= 0.3 is 0 Å². The minimum atomic E-state index is -2.88. The Bertz CT molecular complexity index is 966. The number of ether oxygens (including phenoxy) is 2. The van der Waals surface area contributed by atoms with E-state index in [1.807, 2.05) is 0 Å². The lowest BCUT2D eigenvalue weighted by molar-refractivity contribution is 0.146. The molecule has 142 valence electrons. The van der Waals surface area contributed by atoms with E-state index in [0.29, 0.717) is 28.1 Å². The summed E-state index contributed by atoms with van der Waals surface area (Å²) in [6.45, 7) is 1.68. The summed E-state index contributed by atoms with van der Waals surface area (Å²) in [5.74, 6) is 0.0813. The van der Waals surface area contributed by atoms with Gasteiger partial charge < -0.3 is 14.8 Å². The van der Waals surface area contributed by atoms with Gasteiger partial charge in [-0.25, -0.2) is 13.2 Å². The van der Waals surface area contributed by atoms with Crippen LogP contribution in [0.25, 0.3) is 10.9 Å². The molecule has 3 rings (SSSR count). The maximum Gasteiger partial charge on any atom is 0.266 e. The second kappa shape index (κ2) is 7.69. The fourth-order valence-electron chi connectivity index (χ4n) is 2.88. The van der Waals surface area contributed by atoms with Crippen LogP contribution >= 0.6 is 0 Å². The average Bonchev–Trinajstić information content (AvgIpc) is 2.66. The normalized spacial score (nSPS) is 12.3. The number of nitrogens with one attached hydrogen (secondary N) is 1. The minimum absolute atomic E-state index is 0.137. The topological polar surface area (TPSA) is 56.3 Å². The van der Waals surface area contributed by atoms with Gasteiger partial charge in [0.05, 0.1) is 43.2 Å². The Morgan fingerprint density at radius 1 is 1.04 bits per heavy atom. The van der Waals surface area contributed by atoms with Crippen molar-refractivity contribution in [3.05, 3.63) is 53.5 Å². The molecule has 2 aromatic carbocycles. The molecule has 0 aliphatic heterocycles. The van der Waals surface area contributed by atoms with E-state index in [0.717, 1.165) is 6.07 Å². The summed E-state index contributed by atoms with van der Waals surface area (Å²) in [5, 5.41) is 11.8. The molecule has 5 nitrogen and oxygen atoms in total. The summed E-state index contributed by atoms with van der Waals surface area (Å²) >= 11 is 0. The van der Waals surface area contributed by atoms with Gasteiger partial charge in [0.25, 0.3) is 6.43 Å². The van der Waals surface area contributed by atoms with Crippen molar-refractivity contribution in [3.63, 3.8) is 0 Å². The highest BCUT2D eigenvalue weighted by Gasteiger charge is 2.20. The molecule has 1 heterocycles. The highest BCUT2D eigenvalue weighted by atomic mass is 19.3. The highest BCUT2D eigenvalue weighted by molar-refractivity contribution is 5.93. The van der Waals surface area contributed by atoms with Gasteiger partial charge in [-0.05, 0) is 13.0 Å². The van der Waals surface area contributed by atoms with Crippen LogP contribution < -0.4 is 14.8 Å². The lowest BCUT2D eigenvalue weighted by atomic mass is 10.0. The molecule has 0 saturated heterocycles. The summed E-state index contributed by atoms with van der Waals surface area (Å²) in [6, 6.07) is 6.79. The van der Waals surface area contributed by atoms with Crippen molar-refractivity contribution in [2.45, 2.75) is 19.4 Å². The van der Waals surface area contributed by atoms with Crippen molar-refractivity contribution in [2.75, 3.05) is 19.5 Å². The van der Waals surface area contributed by atoms with Crippen molar-refractivity contribution in [1.82, 2.24) is 10.2 Å². The maximum atomic E-state index is 14.4. The van der Waals surface area contributed by atoms with Crippen LogP contribution in [-0.4, -0.2) is 24.4 Å². The number of hydrogen-bond donors (Lipinski definition) is 1. The average molecular weight is 377 g/mol. The molecule has 8 heteroatoms. The third-order valence-electron chi connectivity index (χ3n) is 4.28. The molecule has 0 aliphatic rings. The second-order valence-electron chi connectivity index (χ2n) is 5.90. The molecule has 0 spiro atoms. The molecule has 27 heavy (non-hydrogen) atoms.